The topological polar surface area (TPSA) is 74.8 Å². The van der Waals surface area contributed by atoms with E-state index in [1.54, 1.807) is 12.4 Å². The third-order valence-electron chi connectivity index (χ3n) is 5.01. The Morgan fingerprint density at radius 2 is 1.96 bits per heavy atom. The van der Waals surface area contributed by atoms with Crippen molar-refractivity contribution in [3.8, 4) is 11.3 Å². The average molecular weight is 355 g/mol. The van der Waals surface area contributed by atoms with Crippen LogP contribution in [-0.2, 0) is 0 Å². The van der Waals surface area contributed by atoms with Crippen LogP contribution >= 0.6 is 0 Å². The Morgan fingerprint density at radius 3 is 2.69 bits per heavy atom. The van der Waals surface area contributed by atoms with Crippen LogP contribution in [-0.4, -0.2) is 40.6 Å². The molecular formula is C20H30N6. The van der Waals surface area contributed by atoms with E-state index >= 15 is 0 Å². The normalized spacial score (nSPS) is 16.2. The van der Waals surface area contributed by atoms with Crippen molar-refractivity contribution in [3.05, 3.63) is 30.6 Å². The molecule has 6 heteroatoms. The number of nitrogens with zero attached hydrogens (tertiary/aromatic N) is 3. The maximum Gasteiger partial charge on any atom is 0.225 e. The summed E-state index contributed by atoms with van der Waals surface area (Å²) in [7, 11) is 0. The van der Waals surface area contributed by atoms with Crippen LogP contribution in [0.2, 0.25) is 0 Å². The molecule has 3 heterocycles. The maximum absolute atomic E-state index is 4.69. The zero-order chi connectivity index (χ0) is 18.2. The molecule has 0 bridgehead atoms. The van der Waals surface area contributed by atoms with Gasteiger partial charge in [0.25, 0.3) is 0 Å². The molecule has 1 atom stereocenters. The molecule has 1 fully saturated rings. The van der Waals surface area contributed by atoms with Gasteiger partial charge in [-0.05, 0) is 63.7 Å². The van der Waals surface area contributed by atoms with Crippen LogP contribution in [0.25, 0.3) is 11.3 Å². The Labute approximate surface area is 156 Å². The second kappa shape index (κ2) is 9.48. The lowest BCUT2D eigenvalue weighted by atomic mass is 9.95. The summed E-state index contributed by atoms with van der Waals surface area (Å²) < 4.78 is 0. The molecule has 0 aromatic carbocycles. The molecule has 2 aromatic heterocycles. The summed E-state index contributed by atoms with van der Waals surface area (Å²) in [6, 6.07) is 6.33. The Kier molecular flexibility index (Phi) is 6.77. The molecule has 0 aliphatic carbocycles. The van der Waals surface area contributed by atoms with Gasteiger partial charge in [-0.3, -0.25) is 4.98 Å². The maximum atomic E-state index is 4.69. The zero-order valence-electron chi connectivity index (χ0n) is 15.8. The van der Waals surface area contributed by atoms with E-state index in [4.69, 9.17) is 4.98 Å². The van der Waals surface area contributed by atoms with Crippen LogP contribution in [0.5, 0.6) is 0 Å². The fraction of sp³-hybridized carbons (Fsp3) is 0.550. The molecule has 2 aromatic rings. The van der Waals surface area contributed by atoms with E-state index in [0.29, 0.717) is 12.0 Å². The molecule has 3 rings (SSSR count). The molecule has 1 aliphatic heterocycles. The van der Waals surface area contributed by atoms with Gasteiger partial charge >= 0.3 is 0 Å². The number of piperidine rings is 1. The second-order valence-corrected chi connectivity index (χ2v) is 7.06. The molecular weight excluding hydrogens is 324 g/mol. The monoisotopic (exact) mass is 354 g/mol. The number of nitrogens with one attached hydrogen (secondary N) is 3. The van der Waals surface area contributed by atoms with E-state index < -0.39 is 0 Å². The molecule has 1 aliphatic rings. The summed E-state index contributed by atoms with van der Waals surface area (Å²) in [5, 5.41) is 10.3. The number of aromatic nitrogens is 3. The highest BCUT2D eigenvalue weighted by Crippen LogP contribution is 2.22. The predicted octanol–water partition coefficient (Wildman–Crippen LogP) is 3.55. The first-order valence-corrected chi connectivity index (χ1v) is 9.75. The highest BCUT2D eigenvalue weighted by atomic mass is 15.2. The molecule has 0 amide bonds. The van der Waals surface area contributed by atoms with Crippen LogP contribution in [0.4, 0.5) is 11.8 Å². The van der Waals surface area contributed by atoms with Gasteiger partial charge in [-0.1, -0.05) is 6.92 Å². The lowest BCUT2D eigenvalue weighted by Crippen LogP contribution is -2.28. The van der Waals surface area contributed by atoms with Crippen LogP contribution < -0.4 is 16.0 Å². The first-order chi connectivity index (χ1) is 12.7. The van der Waals surface area contributed by atoms with Gasteiger partial charge in [0.05, 0.1) is 5.69 Å². The highest BCUT2D eigenvalue weighted by Gasteiger charge is 2.13. The molecule has 1 saturated heterocycles. The van der Waals surface area contributed by atoms with Crippen molar-refractivity contribution in [2.24, 2.45) is 5.92 Å². The smallest absolute Gasteiger partial charge is 0.225 e. The summed E-state index contributed by atoms with van der Waals surface area (Å²) in [5.74, 6) is 2.37. The minimum atomic E-state index is 0.338. The van der Waals surface area contributed by atoms with Crippen LogP contribution in [0.1, 0.15) is 39.5 Å². The third-order valence-corrected chi connectivity index (χ3v) is 5.01. The first-order valence-electron chi connectivity index (χ1n) is 9.75. The summed E-state index contributed by atoms with van der Waals surface area (Å²) in [6.07, 6.45) is 8.35. The van der Waals surface area contributed by atoms with Crippen molar-refractivity contribution >= 4 is 11.8 Å². The molecule has 3 N–H and O–H groups in total. The van der Waals surface area contributed by atoms with E-state index in [9.17, 15) is 0 Å². The summed E-state index contributed by atoms with van der Waals surface area (Å²) in [4.78, 5) is 13.5. The number of rotatable bonds is 8. The van der Waals surface area contributed by atoms with E-state index in [-0.39, 0.29) is 0 Å². The zero-order valence-corrected chi connectivity index (χ0v) is 15.8. The quantitative estimate of drug-likeness (QED) is 0.673. The van der Waals surface area contributed by atoms with E-state index in [1.165, 1.54) is 19.3 Å². The Morgan fingerprint density at radius 1 is 1.19 bits per heavy atom. The van der Waals surface area contributed by atoms with Gasteiger partial charge in [-0.15, -0.1) is 0 Å². The van der Waals surface area contributed by atoms with Crippen molar-refractivity contribution < 1.29 is 0 Å². The number of hydrogen-bond acceptors (Lipinski definition) is 6. The fourth-order valence-corrected chi connectivity index (χ4v) is 3.17. The number of hydrogen-bond donors (Lipinski definition) is 3. The largest absolute Gasteiger partial charge is 0.370 e. The van der Waals surface area contributed by atoms with Gasteiger partial charge in [0.15, 0.2) is 0 Å². The van der Waals surface area contributed by atoms with E-state index in [1.807, 2.05) is 18.2 Å². The lowest BCUT2D eigenvalue weighted by Gasteiger charge is -2.22. The van der Waals surface area contributed by atoms with Crippen LogP contribution in [0.15, 0.2) is 30.6 Å². The minimum absolute atomic E-state index is 0.338. The number of anilines is 2. The summed E-state index contributed by atoms with van der Waals surface area (Å²) >= 11 is 0. The van der Waals surface area contributed by atoms with Crippen molar-refractivity contribution in [1.29, 1.82) is 0 Å². The molecule has 140 valence electrons. The molecule has 0 unspecified atom stereocenters. The molecule has 0 radical (unpaired) electrons. The average Bonchev–Trinajstić information content (AvgIpc) is 2.69. The van der Waals surface area contributed by atoms with E-state index in [0.717, 1.165) is 49.0 Å². The molecule has 0 saturated carbocycles. The highest BCUT2D eigenvalue weighted by molar-refractivity contribution is 5.63. The van der Waals surface area contributed by atoms with E-state index in [2.05, 4.69) is 39.8 Å². The third kappa shape index (κ3) is 5.39. The Hall–Kier alpha value is -2.21. The second-order valence-electron chi connectivity index (χ2n) is 7.06. The van der Waals surface area contributed by atoms with Crippen molar-refractivity contribution in [3.63, 3.8) is 0 Å². The van der Waals surface area contributed by atoms with Crippen molar-refractivity contribution in [1.82, 2.24) is 20.3 Å². The lowest BCUT2D eigenvalue weighted by molar-refractivity contribution is 0.361. The van der Waals surface area contributed by atoms with Crippen molar-refractivity contribution in [2.75, 3.05) is 30.3 Å². The Bertz CT molecular complexity index is 669. The Balaban J connectivity index is 1.71. The number of pyridine rings is 1. The standard InChI is InChI=1S/C20H30N6/c1-3-15(2)24-20-25-18(17-7-11-22-12-8-17)14-19(26-20)23-13-6-16-4-9-21-10-5-16/h7-8,11-12,14-16,21H,3-6,9-10,13H2,1-2H3,(H2,23,24,25,26)/t15-/m1/s1. The first kappa shape index (κ1) is 18.6. The summed E-state index contributed by atoms with van der Waals surface area (Å²) in [5.41, 5.74) is 1.97. The molecule has 0 spiro atoms. The predicted molar refractivity (Wildman–Crippen MR) is 107 cm³/mol. The van der Waals surface area contributed by atoms with Gasteiger partial charge in [-0.2, -0.15) is 4.98 Å². The SMILES string of the molecule is CC[C@@H](C)Nc1nc(NCCC2CCNCC2)cc(-c2ccncc2)n1. The van der Waals surface area contributed by atoms with Gasteiger partial charge < -0.3 is 16.0 Å². The minimum Gasteiger partial charge on any atom is -0.370 e. The van der Waals surface area contributed by atoms with Crippen LogP contribution in [0.3, 0.4) is 0 Å². The van der Waals surface area contributed by atoms with Gasteiger partial charge in [0.1, 0.15) is 5.82 Å². The van der Waals surface area contributed by atoms with Gasteiger partial charge in [0, 0.05) is 36.6 Å². The molecule has 26 heavy (non-hydrogen) atoms. The van der Waals surface area contributed by atoms with Crippen molar-refractivity contribution in [2.45, 2.75) is 45.6 Å². The fourth-order valence-electron chi connectivity index (χ4n) is 3.17. The van der Waals surface area contributed by atoms with Gasteiger partial charge in [0.2, 0.25) is 5.95 Å². The molecule has 6 nitrogen and oxygen atoms in total. The van der Waals surface area contributed by atoms with Gasteiger partial charge in [-0.25, -0.2) is 4.98 Å². The summed E-state index contributed by atoms with van der Waals surface area (Å²) in [6.45, 7) is 7.54. The van der Waals surface area contributed by atoms with Crippen LogP contribution in [0, 0.1) is 5.92 Å².